The number of carbonyl (C=O) groups excluding carboxylic acids is 1. The van der Waals surface area contributed by atoms with Gasteiger partial charge in [0.15, 0.2) is 0 Å². The fraction of sp³-hybridized carbons (Fsp3) is 0.200. The first-order valence-electron chi connectivity index (χ1n) is 4.54. The Morgan fingerprint density at radius 1 is 1.60 bits per heavy atom. The summed E-state index contributed by atoms with van der Waals surface area (Å²) in [7, 11) is 1.88. The second kappa shape index (κ2) is 3.96. The highest BCUT2D eigenvalue weighted by atomic mass is 32.1. The standard InChI is InChI=1S/C10H11N3OS/c1-12-5-9-13-7-4-6(10(11)14)2-3-8(7)15-9/h2-4,12H,5H2,1H3,(H2,11,14). The molecule has 0 saturated carbocycles. The first-order valence-corrected chi connectivity index (χ1v) is 5.36. The predicted molar refractivity (Wildman–Crippen MR) is 60.9 cm³/mol. The molecule has 0 fully saturated rings. The third-order valence-corrected chi connectivity index (χ3v) is 3.08. The van der Waals surface area contributed by atoms with E-state index in [1.165, 1.54) is 0 Å². The molecule has 3 N–H and O–H groups in total. The van der Waals surface area contributed by atoms with Gasteiger partial charge in [0.05, 0.1) is 10.2 Å². The van der Waals surface area contributed by atoms with Gasteiger partial charge in [-0.2, -0.15) is 0 Å². The lowest BCUT2D eigenvalue weighted by Gasteiger charge is -1.93. The molecule has 0 atom stereocenters. The van der Waals surface area contributed by atoms with Crippen molar-refractivity contribution in [3.05, 3.63) is 28.8 Å². The highest BCUT2D eigenvalue weighted by molar-refractivity contribution is 7.18. The lowest BCUT2D eigenvalue weighted by Crippen LogP contribution is -2.10. The van der Waals surface area contributed by atoms with Crippen LogP contribution in [0.1, 0.15) is 15.4 Å². The smallest absolute Gasteiger partial charge is 0.248 e. The number of fused-ring (bicyclic) bond motifs is 1. The van der Waals surface area contributed by atoms with Crippen LogP contribution in [0.5, 0.6) is 0 Å². The average Bonchev–Trinajstić information content (AvgIpc) is 2.59. The normalized spacial score (nSPS) is 10.7. The summed E-state index contributed by atoms with van der Waals surface area (Å²) in [5.74, 6) is -0.417. The molecule has 0 bridgehead atoms. The van der Waals surface area contributed by atoms with Gasteiger partial charge in [0, 0.05) is 12.1 Å². The summed E-state index contributed by atoms with van der Waals surface area (Å²) in [6, 6.07) is 5.34. The SMILES string of the molecule is CNCc1nc2cc(C(N)=O)ccc2s1. The van der Waals surface area contributed by atoms with Gasteiger partial charge in [0.2, 0.25) is 5.91 Å². The molecule has 2 rings (SSSR count). The van der Waals surface area contributed by atoms with Crippen LogP contribution in [-0.4, -0.2) is 17.9 Å². The van der Waals surface area contributed by atoms with E-state index >= 15 is 0 Å². The summed E-state index contributed by atoms with van der Waals surface area (Å²) < 4.78 is 1.07. The van der Waals surface area contributed by atoms with Gasteiger partial charge in [-0.1, -0.05) is 0 Å². The van der Waals surface area contributed by atoms with Gasteiger partial charge in [0.25, 0.3) is 0 Å². The molecule has 0 unspecified atom stereocenters. The lowest BCUT2D eigenvalue weighted by atomic mass is 10.2. The van der Waals surface area contributed by atoms with E-state index in [1.807, 2.05) is 13.1 Å². The van der Waals surface area contributed by atoms with Crippen LogP contribution in [0.2, 0.25) is 0 Å². The van der Waals surface area contributed by atoms with Gasteiger partial charge in [0.1, 0.15) is 5.01 Å². The number of hydrogen-bond donors (Lipinski definition) is 2. The Kier molecular flexibility index (Phi) is 2.66. The molecular weight excluding hydrogens is 210 g/mol. The molecule has 78 valence electrons. The molecule has 0 spiro atoms. The summed E-state index contributed by atoms with van der Waals surface area (Å²) in [6.45, 7) is 0.741. The molecule has 0 aliphatic heterocycles. The summed E-state index contributed by atoms with van der Waals surface area (Å²) >= 11 is 1.62. The van der Waals surface area contributed by atoms with E-state index in [2.05, 4.69) is 10.3 Å². The number of amides is 1. The predicted octanol–water partition coefficient (Wildman–Crippen LogP) is 1.11. The number of nitrogens with two attached hydrogens (primary N) is 1. The molecule has 1 heterocycles. The Labute approximate surface area is 91.1 Å². The molecule has 15 heavy (non-hydrogen) atoms. The van der Waals surface area contributed by atoms with Crippen molar-refractivity contribution >= 4 is 27.5 Å². The molecule has 0 radical (unpaired) electrons. The van der Waals surface area contributed by atoms with Gasteiger partial charge in [-0.25, -0.2) is 4.98 Å². The van der Waals surface area contributed by atoms with E-state index in [4.69, 9.17) is 5.73 Å². The minimum Gasteiger partial charge on any atom is -0.366 e. The van der Waals surface area contributed by atoms with Crippen molar-refractivity contribution in [3.63, 3.8) is 0 Å². The number of rotatable bonds is 3. The second-order valence-corrected chi connectivity index (χ2v) is 4.30. The number of thiazole rings is 1. The van der Waals surface area contributed by atoms with Crippen molar-refractivity contribution in [2.75, 3.05) is 7.05 Å². The topological polar surface area (TPSA) is 68.0 Å². The largest absolute Gasteiger partial charge is 0.366 e. The quantitative estimate of drug-likeness (QED) is 0.816. The van der Waals surface area contributed by atoms with E-state index in [0.29, 0.717) is 5.56 Å². The summed E-state index contributed by atoms with van der Waals surface area (Å²) in [6.07, 6.45) is 0. The van der Waals surface area contributed by atoms with Gasteiger partial charge >= 0.3 is 0 Å². The molecule has 5 heteroatoms. The van der Waals surface area contributed by atoms with Crippen molar-refractivity contribution in [1.29, 1.82) is 0 Å². The number of nitrogens with one attached hydrogen (secondary N) is 1. The number of aromatic nitrogens is 1. The van der Waals surface area contributed by atoms with Crippen LogP contribution >= 0.6 is 11.3 Å². The van der Waals surface area contributed by atoms with Crippen LogP contribution in [0.25, 0.3) is 10.2 Å². The average molecular weight is 221 g/mol. The van der Waals surface area contributed by atoms with E-state index in [0.717, 1.165) is 21.8 Å². The molecule has 1 aromatic carbocycles. The van der Waals surface area contributed by atoms with Crippen LogP contribution in [0.4, 0.5) is 0 Å². The maximum absolute atomic E-state index is 11.0. The molecule has 4 nitrogen and oxygen atoms in total. The van der Waals surface area contributed by atoms with Gasteiger partial charge in [-0.15, -0.1) is 11.3 Å². The summed E-state index contributed by atoms with van der Waals surface area (Å²) in [5.41, 5.74) is 6.53. The number of benzene rings is 1. The number of nitrogens with zero attached hydrogens (tertiary/aromatic N) is 1. The van der Waals surface area contributed by atoms with Gasteiger partial charge < -0.3 is 11.1 Å². The fourth-order valence-corrected chi connectivity index (χ4v) is 2.31. The van der Waals surface area contributed by atoms with Crippen molar-refractivity contribution in [2.45, 2.75) is 6.54 Å². The number of carbonyl (C=O) groups is 1. The maximum atomic E-state index is 11.0. The van der Waals surface area contributed by atoms with E-state index in [-0.39, 0.29) is 0 Å². The van der Waals surface area contributed by atoms with E-state index in [1.54, 1.807) is 23.5 Å². The minimum atomic E-state index is -0.417. The summed E-state index contributed by atoms with van der Waals surface area (Å²) in [5, 5.41) is 4.05. The molecule has 2 aromatic rings. The fourth-order valence-electron chi connectivity index (χ4n) is 1.36. The first-order chi connectivity index (χ1) is 7.20. The van der Waals surface area contributed by atoms with Gasteiger partial charge in [-0.3, -0.25) is 4.79 Å². The van der Waals surface area contributed by atoms with Crippen LogP contribution in [0.15, 0.2) is 18.2 Å². The third-order valence-electron chi connectivity index (χ3n) is 2.04. The van der Waals surface area contributed by atoms with Crippen molar-refractivity contribution in [3.8, 4) is 0 Å². The third kappa shape index (κ3) is 1.98. The van der Waals surface area contributed by atoms with Crippen LogP contribution in [0.3, 0.4) is 0 Å². The first kappa shape index (κ1) is 10.1. The number of hydrogen-bond acceptors (Lipinski definition) is 4. The lowest BCUT2D eigenvalue weighted by molar-refractivity contribution is 0.100. The van der Waals surface area contributed by atoms with Crippen molar-refractivity contribution in [2.24, 2.45) is 5.73 Å². The Bertz CT molecular complexity index is 506. The molecule has 0 aliphatic rings. The van der Waals surface area contributed by atoms with Gasteiger partial charge in [-0.05, 0) is 25.2 Å². The zero-order valence-corrected chi connectivity index (χ0v) is 9.10. The zero-order chi connectivity index (χ0) is 10.8. The van der Waals surface area contributed by atoms with E-state index < -0.39 is 5.91 Å². The zero-order valence-electron chi connectivity index (χ0n) is 8.28. The van der Waals surface area contributed by atoms with Crippen molar-refractivity contribution < 1.29 is 4.79 Å². The van der Waals surface area contributed by atoms with E-state index in [9.17, 15) is 4.79 Å². The summed E-state index contributed by atoms with van der Waals surface area (Å²) in [4.78, 5) is 15.4. The second-order valence-electron chi connectivity index (χ2n) is 3.18. The highest BCUT2D eigenvalue weighted by Gasteiger charge is 2.06. The Morgan fingerprint density at radius 2 is 2.40 bits per heavy atom. The highest BCUT2D eigenvalue weighted by Crippen LogP contribution is 2.22. The molecule has 0 saturated heterocycles. The molecule has 0 aliphatic carbocycles. The van der Waals surface area contributed by atoms with Crippen LogP contribution in [-0.2, 0) is 6.54 Å². The van der Waals surface area contributed by atoms with Crippen molar-refractivity contribution in [1.82, 2.24) is 10.3 Å². The molecular formula is C10H11N3OS. The number of primary amides is 1. The minimum absolute atomic E-state index is 0.417. The maximum Gasteiger partial charge on any atom is 0.248 e. The Hall–Kier alpha value is -1.46. The molecule has 1 amide bonds. The van der Waals surface area contributed by atoms with Crippen LogP contribution in [0, 0.1) is 0 Å². The Balaban J connectivity index is 2.47. The molecule has 1 aromatic heterocycles. The van der Waals surface area contributed by atoms with Crippen LogP contribution < -0.4 is 11.1 Å². The Morgan fingerprint density at radius 3 is 3.07 bits per heavy atom. The monoisotopic (exact) mass is 221 g/mol.